The van der Waals surface area contributed by atoms with Gasteiger partial charge in [0.05, 0.1) is 12.6 Å². The van der Waals surface area contributed by atoms with Crippen molar-refractivity contribution in [2.75, 3.05) is 27.2 Å². The van der Waals surface area contributed by atoms with Crippen LogP contribution in [0.1, 0.15) is 27.5 Å². The number of nitrogens with zero attached hydrogens (tertiary/aromatic N) is 1. The Bertz CT molecular complexity index is 746. The second-order valence-electron chi connectivity index (χ2n) is 6.13. The minimum atomic E-state index is -0.0800. The number of carbonyl (C=O) groups is 1. The van der Waals surface area contributed by atoms with Crippen LogP contribution in [-0.4, -0.2) is 38.1 Å². The molecule has 1 N–H and O–H groups in total. The van der Waals surface area contributed by atoms with Crippen molar-refractivity contribution >= 4 is 17.5 Å². The highest BCUT2D eigenvalue weighted by Crippen LogP contribution is 2.27. The molecule has 24 heavy (non-hydrogen) atoms. The van der Waals surface area contributed by atoms with Gasteiger partial charge in [0.25, 0.3) is 5.91 Å². The van der Waals surface area contributed by atoms with Crippen LogP contribution in [0.5, 0.6) is 5.75 Å². The summed E-state index contributed by atoms with van der Waals surface area (Å²) in [5.74, 6) is 0.803. The van der Waals surface area contributed by atoms with Crippen molar-refractivity contribution in [1.29, 1.82) is 0 Å². The van der Waals surface area contributed by atoms with Crippen molar-refractivity contribution in [3.63, 3.8) is 0 Å². The fourth-order valence-electron chi connectivity index (χ4n) is 2.94. The maximum atomic E-state index is 12.5. The molecule has 0 spiro atoms. The van der Waals surface area contributed by atoms with E-state index >= 15 is 0 Å². The maximum Gasteiger partial charge on any atom is 0.251 e. The first-order valence-electron chi connectivity index (χ1n) is 8.01. The van der Waals surface area contributed by atoms with Crippen molar-refractivity contribution in [2.24, 2.45) is 0 Å². The summed E-state index contributed by atoms with van der Waals surface area (Å²) in [4.78, 5) is 14.5. The average Bonchev–Trinajstić information content (AvgIpc) is 3.03. The Labute approximate surface area is 147 Å². The first-order chi connectivity index (χ1) is 11.6. The summed E-state index contributed by atoms with van der Waals surface area (Å²) < 4.78 is 5.48. The number of amides is 1. The van der Waals surface area contributed by atoms with Crippen LogP contribution in [0, 0.1) is 0 Å². The number of hydrogen-bond donors (Lipinski definition) is 1. The molecule has 1 atom stereocenters. The minimum Gasteiger partial charge on any atom is -0.493 e. The molecule has 0 saturated carbocycles. The first kappa shape index (κ1) is 16.8. The molecule has 0 radical (unpaired) electrons. The standard InChI is InChI=1S/C19H21ClN2O2/c1-22(2)17(15-5-3-4-6-16(15)20)12-21-19(23)14-7-8-18-13(11-14)9-10-24-18/h3-8,11,17H,9-10,12H2,1-2H3,(H,21,23)/t17-/m0/s1. The molecule has 126 valence electrons. The lowest BCUT2D eigenvalue weighted by atomic mass is 10.1. The van der Waals surface area contributed by atoms with Gasteiger partial charge >= 0.3 is 0 Å². The van der Waals surface area contributed by atoms with E-state index in [1.165, 1.54) is 0 Å². The smallest absolute Gasteiger partial charge is 0.251 e. The van der Waals surface area contributed by atoms with Crippen LogP contribution in [0.4, 0.5) is 0 Å². The molecular formula is C19H21ClN2O2. The largest absolute Gasteiger partial charge is 0.493 e. The monoisotopic (exact) mass is 344 g/mol. The van der Waals surface area contributed by atoms with Gasteiger partial charge in [0.15, 0.2) is 0 Å². The Hall–Kier alpha value is -2.04. The lowest BCUT2D eigenvalue weighted by molar-refractivity contribution is 0.0942. The molecule has 2 aromatic rings. The van der Waals surface area contributed by atoms with Crippen molar-refractivity contribution in [3.8, 4) is 5.75 Å². The van der Waals surface area contributed by atoms with E-state index in [9.17, 15) is 4.79 Å². The molecule has 5 heteroatoms. The highest BCUT2D eigenvalue weighted by molar-refractivity contribution is 6.31. The molecule has 0 aromatic heterocycles. The van der Waals surface area contributed by atoms with Gasteiger partial charge in [-0.1, -0.05) is 29.8 Å². The highest BCUT2D eigenvalue weighted by atomic mass is 35.5. The van der Waals surface area contributed by atoms with E-state index in [1.54, 1.807) is 6.07 Å². The van der Waals surface area contributed by atoms with E-state index in [0.29, 0.717) is 23.7 Å². The number of carbonyl (C=O) groups excluding carboxylic acids is 1. The van der Waals surface area contributed by atoms with Gasteiger partial charge in [-0.25, -0.2) is 0 Å². The molecule has 1 aliphatic rings. The first-order valence-corrected chi connectivity index (χ1v) is 8.39. The summed E-state index contributed by atoms with van der Waals surface area (Å²) in [5, 5.41) is 3.73. The Morgan fingerprint density at radius 1 is 1.29 bits per heavy atom. The third kappa shape index (κ3) is 3.55. The topological polar surface area (TPSA) is 41.6 Å². The molecule has 0 unspecified atom stereocenters. The lowest BCUT2D eigenvalue weighted by Gasteiger charge is -2.26. The van der Waals surface area contributed by atoms with E-state index in [1.807, 2.05) is 50.5 Å². The van der Waals surface area contributed by atoms with E-state index in [4.69, 9.17) is 16.3 Å². The van der Waals surface area contributed by atoms with Crippen molar-refractivity contribution < 1.29 is 9.53 Å². The van der Waals surface area contributed by atoms with Gasteiger partial charge in [-0.05, 0) is 49.5 Å². The SMILES string of the molecule is CN(C)[C@@H](CNC(=O)c1ccc2c(c1)CCO2)c1ccccc1Cl. The predicted molar refractivity (Wildman–Crippen MR) is 95.9 cm³/mol. The van der Waals surface area contributed by atoms with Gasteiger partial charge in [0.2, 0.25) is 0 Å². The molecule has 4 nitrogen and oxygen atoms in total. The highest BCUT2D eigenvalue weighted by Gasteiger charge is 2.19. The minimum absolute atomic E-state index is 0.0143. The summed E-state index contributed by atoms with van der Waals surface area (Å²) in [6, 6.07) is 13.3. The van der Waals surface area contributed by atoms with E-state index in [2.05, 4.69) is 10.2 Å². The molecule has 3 rings (SSSR count). The van der Waals surface area contributed by atoms with Crippen LogP contribution in [0.25, 0.3) is 0 Å². The zero-order valence-corrected chi connectivity index (χ0v) is 14.6. The van der Waals surface area contributed by atoms with Crippen LogP contribution >= 0.6 is 11.6 Å². The molecule has 1 heterocycles. The fraction of sp³-hybridized carbons (Fsp3) is 0.316. The van der Waals surface area contributed by atoms with Gasteiger partial charge in [0, 0.05) is 23.6 Å². The molecule has 0 fully saturated rings. The predicted octanol–water partition coefficient (Wildman–Crippen LogP) is 3.31. The second kappa shape index (κ2) is 7.24. The van der Waals surface area contributed by atoms with Gasteiger partial charge in [-0.2, -0.15) is 0 Å². The Balaban J connectivity index is 1.71. The number of likely N-dealkylation sites (N-methyl/N-ethyl adjacent to an activating group) is 1. The molecule has 2 aromatic carbocycles. The van der Waals surface area contributed by atoms with Gasteiger partial charge in [-0.15, -0.1) is 0 Å². The lowest BCUT2D eigenvalue weighted by Crippen LogP contribution is -2.34. The third-order valence-corrected chi connectivity index (χ3v) is 4.64. The zero-order chi connectivity index (χ0) is 17.1. The van der Waals surface area contributed by atoms with Gasteiger partial charge < -0.3 is 15.0 Å². The van der Waals surface area contributed by atoms with E-state index in [0.717, 1.165) is 23.3 Å². The molecule has 0 bridgehead atoms. The van der Waals surface area contributed by atoms with Crippen LogP contribution in [-0.2, 0) is 6.42 Å². The maximum absolute atomic E-state index is 12.5. The summed E-state index contributed by atoms with van der Waals surface area (Å²) in [6.45, 7) is 1.18. The van der Waals surface area contributed by atoms with E-state index in [-0.39, 0.29) is 11.9 Å². The average molecular weight is 345 g/mol. The normalized spacial score (nSPS) is 14.2. The van der Waals surface area contributed by atoms with E-state index < -0.39 is 0 Å². The Morgan fingerprint density at radius 2 is 2.08 bits per heavy atom. The number of hydrogen-bond acceptors (Lipinski definition) is 3. The van der Waals surface area contributed by atoms with Crippen molar-refractivity contribution in [1.82, 2.24) is 10.2 Å². The quantitative estimate of drug-likeness (QED) is 0.904. The molecule has 0 aliphatic carbocycles. The number of benzene rings is 2. The fourth-order valence-corrected chi connectivity index (χ4v) is 3.20. The Kier molecular flexibility index (Phi) is 5.07. The van der Waals surface area contributed by atoms with Crippen LogP contribution < -0.4 is 10.1 Å². The molecule has 1 amide bonds. The number of rotatable bonds is 5. The van der Waals surface area contributed by atoms with Gasteiger partial charge in [0.1, 0.15) is 5.75 Å². The summed E-state index contributed by atoms with van der Waals surface area (Å²) >= 11 is 6.31. The van der Waals surface area contributed by atoms with Crippen LogP contribution in [0.3, 0.4) is 0 Å². The van der Waals surface area contributed by atoms with Crippen molar-refractivity contribution in [3.05, 3.63) is 64.2 Å². The second-order valence-corrected chi connectivity index (χ2v) is 6.54. The number of nitrogens with one attached hydrogen (secondary N) is 1. The van der Waals surface area contributed by atoms with Crippen molar-refractivity contribution in [2.45, 2.75) is 12.5 Å². The molecule has 0 saturated heterocycles. The summed E-state index contributed by atoms with van der Waals surface area (Å²) in [6.07, 6.45) is 0.858. The van der Waals surface area contributed by atoms with Crippen LogP contribution in [0.2, 0.25) is 5.02 Å². The number of ether oxygens (including phenoxy) is 1. The summed E-state index contributed by atoms with van der Waals surface area (Å²) in [5.41, 5.74) is 2.76. The Morgan fingerprint density at radius 3 is 2.83 bits per heavy atom. The number of fused-ring (bicyclic) bond motifs is 1. The number of halogens is 1. The summed E-state index contributed by atoms with van der Waals surface area (Å²) in [7, 11) is 3.96. The van der Waals surface area contributed by atoms with Crippen LogP contribution in [0.15, 0.2) is 42.5 Å². The molecular weight excluding hydrogens is 324 g/mol. The third-order valence-electron chi connectivity index (χ3n) is 4.30. The zero-order valence-electron chi connectivity index (χ0n) is 13.9. The van der Waals surface area contributed by atoms with Gasteiger partial charge in [-0.3, -0.25) is 4.79 Å². The molecule has 1 aliphatic heterocycles.